The van der Waals surface area contributed by atoms with E-state index in [1.54, 1.807) is 7.11 Å². The van der Waals surface area contributed by atoms with Gasteiger partial charge in [0.25, 0.3) is 0 Å². The molecule has 20 heavy (non-hydrogen) atoms. The van der Waals surface area contributed by atoms with Crippen LogP contribution in [0, 0.1) is 0 Å². The number of methoxy groups -OCH3 is 1. The van der Waals surface area contributed by atoms with Crippen molar-refractivity contribution in [2.75, 3.05) is 13.7 Å². The molecule has 112 valence electrons. The van der Waals surface area contributed by atoms with Gasteiger partial charge in [0.05, 0.1) is 13.7 Å². The zero-order chi connectivity index (χ0) is 15.0. The summed E-state index contributed by atoms with van der Waals surface area (Å²) in [7, 11) is 1.59. The largest absolute Gasteiger partial charge is 0.493 e. The van der Waals surface area contributed by atoms with Gasteiger partial charge < -0.3 is 19.9 Å². The van der Waals surface area contributed by atoms with Gasteiger partial charge in [-0.3, -0.25) is 4.79 Å². The van der Waals surface area contributed by atoms with E-state index in [4.69, 9.17) is 14.6 Å². The molecule has 0 bridgehead atoms. The maximum atomic E-state index is 11.1. The first-order chi connectivity index (χ1) is 9.62. The molecule has 0 amide bonds. The SMILES string of the molecule is CCCC(NCc1ccc(OCC)c(OC)c1)C(=O)O. The summed E-state index contributed by atoms with van der Waals surface area (Å²) in [4.78, 5) is 11.1. The van der Waals surface area contributed by atoms with Crippen LogP contribution in [0.25, 0.3) is 0 Å². The molecule has 0 radical (unpaired) electrons. The lowest BCUT2D eigenvalue weighted by Crippen LogP contribution is -2.35. The van der Waals surface area contributed by atoms with E-state index in [1.165, 1.54) is 0 Å². The quantitative estimate of drug-likeness (QED) is 0.727. The topological polar surface area (TPSA) is 67.8 Å². The molecule has 1 atom stereocenters. The maximum absolute atomic E-state index is 11.1. The van der Waals surface area contributed by atoms with Crippen LogP contribution in [0.3, 0.4) is 0 Å². The van der Waals surface area contributed by atoms with E-state index in [0.717, 1.165) is 12.0 Å². The number of aliphatic carboxylic acids is 1. The monoisotopic (exact) mass is 281 g/mol. The van der Waals surface area contributed by atoms with E-state index < -0.39 is 12.0 Å². The molecule has 0 aliphatic rings. The van der Waals surface area contributed by atoms with Crippen molar-refractivity contribution in [2.45, 2.75) is 39.3 Å². The summed E-state index contributed by atoms with van der Waals surface area (Å²) >= 11 is 0. The number of rotatable bonds is 9. The van der Waals surface area contributed by atoms with Gasteiger partial charge in [0, 0.05) is 6.54 Å². The molecule has 0 saturated heterocycles. The molecule has 0 aromatic heterocycles. The standard InChI is InChI=1S/C15H23NO4/c1-4-6-12(15(17)18)16-10-11-7-8-13(20-5-2)14(9-11)19-3/h7-9,12,16H,4-6,10H2,1-3H3,(H,17,18). The van der Waals surface area contributed by atoms with E-state index in [2.05, 4.69) is 5.32 Å². The molecule has 0 aliphatic carbocycles. The highest BCUT2D eigenvalue weighted by Crippen LogP contribution is 2.28. The van der Waals surface area contributed by atoms with Gasteiger partial charge in [0.1, 0.15) is 6.04 Å². The Morgan fingerprint density at radius 3 is 2.65 bits per heavy atom. The Hall–Kier alpha value is -1.75. The number of nitrogens with one attached hydrogen (secondary N) is 1. The fourth-order valence-corrected chi connectivity index (χ4v) is 1.94. The third-order valence-electron chi connectivity index (χ3n) is 2.96. The predicted octanol–water partition coefficient (Wildman–Crippen LogP) is 2.44. The van der Waals surface area contributed by atoms with Gasteiger partial charge in [-0.2, -0.15) is 0 Å². The van der Waals surface area contributed by atoms with Gasteiger partial charge in [-0.15, -0.1) is 0 Å². The van der Waals surface area contributed by atoms with E-state index in [9.17, 15) is 4.79 Å². The van der Waals surface area contributed by atoms with Crippen LogP contribution in [0.1, 0.15) is 32.3 Å². The van der Waals surface area contributed by atoms with Crippen LogP contribution in [0.2, 0.25) is 0 Å². The fraction of sp³-hybridized carbons (Fsp3) is 0.533. The number of carbonyl (C=O) groups is 1. The maximum Gasteiger partial charge on any atom is 0.320 e. The van der Waals surface area contributed by atoms with Crippen LogP contribution in [0.15, 0.2) is 18.2 Å². The number of carboxylic acid groups (broad SMARTS) is 1. The summed E-state index contributed by atoms with van der Waals surface area (Å²) < 4.78 is 10.7. The van der Waals surface area contributed by atoms with Crippen molar-refractivity contribution in [1.29, 1.82) is 0 Å². The van der Waals surface area contributed by atoms with Gasteiger partial charge in [-0.1, -0.05) is 19.4 Å². The zero-order valence-electron chi connectivity index (χ0n) is 12.3. The second kappa shape index (κ2) is 8.43. The average Bonchev–Trinajstić information content (AvgIpc) is 2.44. The fourth-order valence-electron chi connectivity index (χ4n) is 1.94. The average molecular weight is 281 g/mol. The summed E-state index contributed by atoms with van der Waals surface area (Å²) in [5.41, 5.74) is 0.965. The van der Waals surface area contributed by atoms with Crippen LogP contribution in [-0.4, -0.2) is 30.8 Å². The van der Waals surface area contributed by atoms with Crippen LogP contribution >= 0.6 is 0 Å². The summed E-state index contributed by atoms with van der Waals surface area (Å²) in [6, 6.07) is 5.10. The Morgan fingerprint density at radius 2 is 2.10 bits per heavy atom. The number of hydrogen-bond donors (Lipinski definition) is 2. The number of carboxylic acids is 1. The first kappa shape index (κ1) is 16.3. The minimum absolute atomic E-state index is 0.486. The predicted molar refractivity (Wildman–Crippen MR) is 77.3 cm³/mol. The first-order valence-corrected chi connectivity index (χ1v) is 6.88. The van der Waals surface area contributed by atoms with Crippen LogP contribution < -0.4 is 14.8 Å². The van der Waals surface area contributed by atoms with Crippen molar-refractivity contribution >= 4 is 5.97 Å². The molecule has 0 saturated carbocycles. The lowest BCUT2D eigenvalue weighted by atomic mass is 10.1. The van der Waals surface area contributed by atoms with Crippen molar-refractivity contribution in [3.8, 4) is 11.5 Å². The Bertz CT molecular complexity index is 434. The van der Waals surface area contributed by atoms with Crippen LogP contribution in [-0.2, 0) is 11.3 Å². The summed E-state index contributed by atoms with van der Waals surface area (Å²) in [6.07, 6.45) is 1.44. The molecule has 1 unspecified atom stereocenters. The minimum atomic E-state index is -0.815. The van der Waals surface area contributed by atoms with E-state index >= 15 is 0 Å². The van der Waals surface area contributed by atoms with E-state index in [-0.39, 0.29) is 0 Å². The highest BCUT2D eigenvalue weighted by atomic mass is 16.5. The zero-order valence-corrected chi connectivity index (χ0v) is 12.3. The molecule has 1 rings (SSSR count). The van der Waals surface area contributed by atoms with Crippen LogP contribution in [0.4, 0.5) is 0 Å². The van der Waals surface area contributed by atoms with Crippen LogP contribution in [0.5, 0.6) is 11.5 Å². The molecular weight excluding hydrogens is 258 g/mol. The Balaban J connectivity index is 2.70. The lowest BCUT2D eigenvalue weighted by Gasteiger charge is -2.15. The van der Waals surface area contributed by atoms with Gasteiger partial charge in [-0.05, 0) is 31.0 Å². The molecule has 5 nitrogen and oxygen atoms in total. The molecule has 2 N–H and O–H groups in total. The van der Waals surface area contributed by atoms with Gasteiger partial charge >= 0.3 is 5.97 Å². The lowest BCUT2D eigenvalue weighted by molar-refractivity contribution is -0.139. The van der Waals surface area contributed by atoms with Crippen molar-refractivity contribution in [3.05, 3.63) is 23.8 Å². The Morgan fingerprint density at radius 1 is 1.35 bits per heavy atom. The number of hydrogen-bond acceptors (Lipinski definition) is 4. The van der Waals surface area contributed by atoms with Crippen molar-refractivity contribution in [2.24, 2.45) is 0 Å². The second-order valence-electron chi connectivity index (χ2n) is 4.48. The third kappa shape index (κ3) is 4.74. The van der Waals surface area contributed by atoms with E-state index in [1.807, 2.05) is 32.0 Å². The van der Waals surface area contributed by atoms with Gasteiger partial charge in [0.2, 0.25) is 0 Å². The Kier molecular flexibility index (Phi) is 6.87. The van der Waals surface area contributed by atoms with Crippen molar-refractivity contribution in [3.63, 3.8) is 0 Å². The summed E-state index contributed by atoms with van der Waals surface area (Å²) in [6.45, 7) is 4.94. The van der Waals surface area contributed by atoms with Crippen molar-refractivity contribution < 1.29 is 19.4 Å². The Labute approximate surface area is 119 Å². The molecule has 0 heterocycles. The highest BCUT2D eigenvalue weighted by molar-refractivity contribution is 5.73. The number of ether oxygens (including phenoxy) is 2. The molecule has 0 spiro atoms. The third-order valence-corrected chi connectivity index (χ3v) is 2.96. The van der Waals surface area contributed by atoms with Gasteiger partial charge in [-0.25, -0.2) is 0 Å². The first-order valence-electron chi connectivity index (χ1n) is 6.88. The van der Waals surface area contributed by atoms with Gasteiger partial charge in [0.15, 0.2) is 11.5 Å². The second-order valence-corrected chi connectivity index (χ2v) is 4.48. The normalized spacial score (nSPS) is 11.9. The summed E-state index contributed by atoms with van der Waals surface area (Å²) in [5.74, 6) is 0.542. The smallest absolute Gasteiger partial charge is 0.320 e. The molecule has 0 aliphatic heterocycles. The minimum Gasteiger partial charge on any atom is -0.493 e. The molecule has 1 aromatic rings. The highest BCUT2D eigenvalue weighted by Gasteiger charge is 2.15. The number of benzene rings is 1. The van der Waals surface area contributed by atoms with Crippen molar-refractivity contribution in [1.82, 2.24) is 5.32 Å². The molecule has 1 aromatic carbocycles. The molecular formula is C15H23NO4. The molecule has 5 heteroatoms. The summed E-state index contributed by atoms with van der Waals surface area (Å²) in [5, 5.41) is 12.1. The molecule has 0 fully saturated rings. The van der Waals surface area contributed by atoms with E-state index in [0.29, 0.717) is 31.1 Å².